The van der Waals surface area contributed by atoms with Crippen LogP contribution in [0.4, 0.5) is 13.2 Å². The summed E-state index contributed by atoms with van der Waals surface area (Å²) >= 11 is 0. The van der Waals surface area contributed by atoms with E-state index in [1.54, 1.807) is 18.2 Å². The van der Waals surface area contributed by atoms with E-state index in [9.17, 15) is 23.1 Å². The van der Waals surface area contributed by atoms with E-state index in [1.165, 1.54) is 30.5 Å². The van der Waals surface area contributed by atoms with Crippen molar-refractivity contribution in [1.29, 1.82) is 0 Å². The van der Waals surface area contributed by atoms with Crippen LogP contribution < -0.4 is 4.74 Å². The smallest absolute Gasteiger partial charge is 0.406 e. The molecule has 1 aromatic carbocycles. The van der Waals surface area contributed by atoms with Gasteiger partial charge >= 0.3 is 6.36 Å². The molecule has 0 saturated heterocycles. The first-order chi connectivity index (χ1) is 11.3. The van der Waals surface area contributed by atoms with Gasteiger partial charge in [0.1, 0.15) is 17.6 Å². The molecule has 4 nitrogen and oxygen atoms in total. The quantitative estimate of drug-likeness (QED) is 0.930. The third-order valence-electron chi connectivity index (χ3n) is 4.18. The molecule has 0 bridgehead atoms. The third-order valence-corrected chi connectivity index (χ3v) is 4.18. The number of aliphatic hydroxyl groups excluding tert-OH is 1. The van der Waals surface area contributed by atoms with E-state index >= 15 is 0 Å². The molecule has 0 amide bonds. The minimum Gasteiger partial charge on any atom is -0.406 e. The van der Waals surface area contributed by atoms with E-state index in [2.05, 4.69) is 9.72 Å². The molecule has 1 N–H and O–H groups in total. The Morgan fingerprint density at radius 2 is 1.79 bits per heavy atom. The maximum absolute atomic E-state index is 12.2. The predicted octanol–water partition coefficient (Wildman–Crippen LogP) is 3.31. The number of pyridine rings is 1. The van der Waals surface area contributed by atoms with Crippen LogP contribution in [0.2, 0.25) is 0 Å². The van der Waals surface area contributed by atoms with Crippen molar-refractivity contribution >= 4 is 5.78 Å². The van der Waals surface area contributed by atoms with Crippen LogP contribution in [-0.4, -0.2) is 22.2 Å². The molecule has 2 aromatic rings. The summed E-state index contributed by atoms with van der Waals surface area (Å²) in [6, 6.07) is 10.3. The molecule has 24 heavy (non-hydrogen) atoms. The van der Waals surface area contributed by atoms with Crippen LogP contribution in [0.25, 0.3) is 0 Å². The van der Waals surface area contributed by atoms with E-state index in [1.807, 2.05) is 0 Å². The number of halogens is 3. The van der Waals surface area contributed by atoms with Crippen molar-refractivity contribution in [1.82, 2.24) is 4.98 Å². The summed E-state index contributed by atoms with van der Waals surface area (Å²) in [6.07, 6.45) is -4.02. The molecule has 0 aliphatic heterocycles. The fourth-order valence-corrected chi connectivity index (χ4v) is 3.02. The summed E-state index contributed by atoms with van der Waals surface area (Å²) in [5.41, 5.74) is 0.123. The highest BCUT2D eigenvalue weighted by atomic mass is 19.4. The molecular weight excluding hydrogens is 323 g/mol. The van der Waals surface area contributed by atoms with Crippen molar-refractivity contribution in [3.8, 4) is 5.75 Å². The number of carbonyl (C=O) groups excluding carboxylic acids is 1. The van der Waals surface area contributed by atoms with Crippen LogP contribution in [0.1, 0.15) is 30.2 Å². The summed E-state index contributed by atoms with van der Waals surface area (Å²) in [4.78, 5) is 15.7. The second kappa shape index (κ2) is 5.90. The Morgan fingerprint density at radius 3 is 2.29 bits per heavy atom. The van der Waals surface area contributed by atoms with E-state index in [4.69, 9.17) is 0 Å². The van der Waals surface area contributed by atoms with Gasteiger partial charge in [0.15, 0.2) is 0 Å². The molecule has 1 atom stereocenters. The average molecular weight is 337 g/mol. The molecule has 1 aliphatic carbocycles. The van der Waals surface area contributed by atoms with Gasteiger partial charge in [-0.3, -0.25) is 9.78 Å². The Labute approximate surface area is 135 Å². The van der Waals surface area contributed by atoms with Gasteiger partial charge in [0, 0.05) is 24.5 Å². The summed E-state index contributed by atoms with van der Waals surface area (Å²) in [6.45, 7) is 0. The van der Waals surface area contributed by atoms with Crippen LogP contribution in [0, 0.1) is 0 Å². The second-order valence-corrected chi connectivity index (χ2v) is 5.78. The molecule has 1 aliphatic rings. The monoisotopic (exact) mass is 337 g/mol. The normalized spacial score (nSPS) is 17.9. The lowest BCUT2D eigenvalue weighted by Crippen LogP contribution is -2.46. The van der Waals surface area contributed by atoms with E-state index in [0.29, 0.717) is 11.3 Å². The number of nitrogens with zero attached hydrogens (tertiary/aromatic N) is 1. The number of ether oxygens (including phenoxy) is 1. The van der Waals surface area contributed by atoms with Gasteiger partial charge in [0.05, 0.1) is 5.69 Å². The number of aliphatic hydroxyl groups is 1. The minimum atomic E-state index is -4.76. The standard InChI is InChI=1S/C17H14F3NO3/c18-17(19,20)24-13-6-4-11(5-7-13)16(9-12(22)10-16)15(23)14-3-1-2-8-21-14/h1-8,15,23H,9-10H2/t15-/m0/s1. The molecule has 0 spiro atoms. The summed E-state index contributed by atoms with van der Waals surface area (Å²) in [7, 11) is 0. The number of rotatable bonds is 4. The minimum absolute atomic E-state index is 0.0133. The Morgan fingerprint density at radius 1 is 1.12 bits per heavy atom. The van der Waals surface area contributed by atoms with Crippen molar-refractivity contribution in [3.05, 3.63) is 59.9 Å². The van der Waals surface area contributed by atoms with E-state index in [-0.39, 0.29) is 24.4 Å². The number of carbonyl (C=O) groups is 1. The van der Waals surface area contributed by atoms with Gasteiger partial charge in [-0.05, 0) is 29.8 Å². The molecule has 1 heterocycles. The number of benzene rings is 1. The lowest BCUT2D eigenvalue weighted by molar-refractivity contribution is -0.274. The fourth-order valence-electron chi connectivity index (χ4n) is 3.02. The molecule has 126 valence electrons. The van der Waals surface area contributed by atoms with Gasteiger partial charge in [-0.15, -0.1) is 13.2 Å². The Kier molecular flexibility index (Phi) is 4.04. The van der Waals surface area contributed by atoms with Crippen LogP contribution in [0.3, 0.4) is 0 Å². The predicted molar refractivity (Wildman–Crippen MR) is 78.2 cm³/mol. The van der Waals surface area contributed by atoms with Crippen LogP contribution in [-0.2, 0) is 10.2 Å². The average Bonchev–Trinajstić information content (AvgIpc) is 2.51. The van der Waals surface area contributed by atoms with E-state index in [0.717, 1.165) is 0 Å². The summed E-state index contributed by atoms with van der Waals surface area (Å²) in [5.74, 6) is -0.361. The van der Waals surface area contributed by atoms with Gasteiger partial charge < -0.3 is 9.84 Å². The number of ketones is 1. The third kappa shape index (κ3) is 3.12. The van der Waals surface area contributed by atoms with Crippen LogP contribution in [0.5, 0.6) is 5.75 Å². The van der Waals surface area contributed by atoms with Crippen LogP contribution >= 0.6 is 0 Å². The molecule has 3 rings (SSSR count). The lowest BCUT2D eigenvalue weighted by atomic mass is 9.59. The first-order valence-electron chi connectivity index (χ1n) is 7.27. The number of Topliss-reactive ketones (excluding diaryl/α,β-unsaturated/α-hetero) is 1. The van der Waals surface area contributed by atoms with Crippen molar-refractivity contribution in [2.75, 3.05) is 0 Å². The van der Waals surface area contributed by atoms with Crippen molar-refractivity contribution < 1.29 is 27.8 Å². The zero-order valence-corrected chi connectivity index (χ0v) is 12.5. The first-order valence-corrected chi connectivity index (χ1v) is 7.27. The molecule has 1 fully saturated rings. The van der Waals surface area contributed by atoms with Gasteiger partial charge in [0.2, 0.25) is 0 Å². The number of aromatic nitrogens is 1. The highest BCUT2D eigenvalue weighted by Gasteiger charge is 2.51. The van der Waals surface area contributed by atoms with Crippen molar-refractivity contribution in [2.24, 2.45) is 0 Å². The number of hydrogen-bond acceptors (Lipinski definition) is 4. The summed E-state index contributed by atoms with van der Waals surface area (Å²) < 4.78 is 40.6. The molecule has 1 aromatic heterocycles. The Bertz CT molecular complexity index is 721. The molecule has 0 radical (unpaired) electrons. The molecular formula is C17H14F3NO3. The topological polar surface area (TPSA) is 59.4 Å². The maximum atomic E-state index is 12.2. The Balaban J connectivity index is 1.90. The highest BCUT2D eigenvalue weighted by molar-refractivity contribution is 5.89. The Hall–Kier alpha value is -2.41. The molecule has 1 saturated carbocycles. The van der Waals surface area contributed by atoms with Crippen molar-refractivity contribution in [2.45, 2.75) is 30.7 Å². The largest absolute Gasteiger partial charge is 0.573 e. The second-order valence-electron chi connectivity index (χ2n) is 5.78. The van der Waals surface area contributed by atoms with Gasteiger partial charge in [0.25, 0.3) is 0 Å². The fraction of sp³-hybridized carbons (Fsp3) is 0.294. The SMILES string of the molecule is O=C1CC(c2ccc(OC(F)(F)F)cc2)([C@@H](O)c2ccccn2)C1. The zero-order chi connectivity index (χ0) is 17.4. The lowest BCUT2D eigenvalue weighted by Gasteiger charge is -2.44. The van der Waals surface area contributed by atoms with Gasteiger partial charge in [-0.25, -0.2) is 0 Å². The summed E-state index contributed by atoms with van der Waals surface area (Å²) in [5, 5.41) is 10.7. The molecule has 0 unspecified atom stereocenters. The van der Waals surface area contributed by atoms with Crippen LogP contribution in [0.15, 0.2) is 48.7 Å². The maximum Gasteiger partial charge on any atom is 0.573 e. The van der Waals surface area contributed by atoms with Crippen molar-refractivity contribution in [3.63, 3.8) is 0 Å². The van der Waals surface area contributed by atoms with Gasteiger partial charge in [-0.2, -0.15) is 0 Å². The number of hydrogen-bond donors (Lipinski definition) is 1. The molecule has 7 heteroatoms. The zero-order valence-electron chi connectivity index (χ0n) is 12.5. The highest BCUT2D eigenvalue weighted by Crippen LogP contribution is 2.50. The first kappa shape index (κ1) is 16.4. The van der Waals surface area contributed by atoms with Gasteiger partial charge in [-0.1, -0.05) is 18.2 Å². The van der Waals surface area contributed by atoms with E-state index < -0.39 is 17.9 Å². The number of alkyl halides is 3.